The highest BCUT2D eigenvalue weighted by molar-refractivity contribution is 6.30. The van der Waals surface area contributed by atoms with Crippen LogP contribution in [0.1, 0.15) is 51.2 Å². The third-order valence-corrected chi connectivity index (χ3v) is 8.69. The van der Waals surface area contributed by atoms with Gasteiger partial charge in [0.05, 0.1) is 37.3 Å². The number of rotatable bonds is 12. The van der Waals surface area contributed by atoms with E-state index in [2.05, 4.69) is 44.9 Å². The van der Waals surface area contributed by atoms with Crippen molar-refractivity contribution in [2.75, 3.05) is 13.7 Å². The fraction of sp³-hybridized carbons (Fsp3) is 0.216. The predicted octanol–water partition coefficient (Wildman–Crippen LogP) is 5.96. The number of hydrogen-bond acceptors (Lipinski definition) is 6. The van der Waals surface area contributed by atoms with E-state index in [0.29, 0.717) is 35.8 Å². The monoisotopic (exact) mass is 649 g/mol. The quantitative estimate of drug-likeness (QED) is 0.132. The molecular weight excluding hydrogens is 614 g/mol. The number of carbonyl (C=O) groups excluding carboxylic acids is 2. The Morgan fingerprint density at radius 3 is 2.32 bits per heavy atom. The molecule has 240 valence electrons. The van der Waals surface area contributed by atoms with E-state index in [4.69, 9.17) is 26.8 Å². The highest BCUT2D eigenvalue weighted by Gasteiger charge is 2.30. The van der Waals surface area contributed by atoms with Gasteiger partial charge in [0.15, 0.2) is 0 Å². The van der Waals surface area contributed by atoms with E-state index in [1.54, 1.807) is 43.8 Å². The highest BCUT2D eigenvalue weighted by Crippen LogP contribution is 2.37. The Hall–Kier alpha value is -5.12. The Morgan fingerprint density at radius 2 is 1.66 bits per heavy atom. The maximum absolute atomic E-state index is 13.5. The molecule has 3 atom stereocenters. The molecule has 0 aliphatic carbocycles. The Bertz CT molecular complexity index is 1810. The van der Waals surface area contributed by atoms with Crippen LogP contribution in [0.15, 0.2) is 104 Å². The van der Waals surface area contributed by atoms with Gasteiger partial charge in [0, 0.05) is 35.7 Å². The number of aromatic amines is 1. The van der Waals surface area contributed by atoms with Gasteiger partial charge in [-0.1, -0.05) is 72.3 Å². The van der Waals surface area contributed by atoms with Crippen molar-refractivity contribution in [1.82, 2.24) is 20.6 Å². The van der Waals surface area contributed by atoms with Gasteiger partial charge >= 0.3 is 0 Å². The van der Waals surface area contributed by atoms with E-state index in [9.17, 15) is 9.59 Å². The lowest BCUT2D eigenvalue weighted by Crippen LogP contribution is -2.46. The van der Waals surface area contributed by atoms with Crippen LogP contribution in [0.2, 0.25) is 5.02 Å². The van der Waals surface area contributed by atoms with Crippen molar-refractivity contribution in [3.8, 4) is 22.6 Å². The van der Waals surface area contributed by atoms with E-state index in [1.165, 1.54) is 0 Å². The summed E-state index contributed by atoms with van der Waals surface area (Å²) in [5.74, 6) is 0.265. The Kier molecular flexibility index (Phi) is 9.85. The van der Waals surface area contributed by atoms with Gasteiger partial charge in [-0.3, -0.25) is 9.59 Å². The van der Waals surface area contributed by atoms with Gasteiger partial charge in [0.1, 0.15) is 17.5 Å². The van der Waals surface area contributed by atoms with Crippen LogP contribution in [0, 0.1) is 0 Å². The largest absolute Gasteiger partial charge is 0.497 e. The van der Waals surface area contributed by atoms with Crippen molar-refractivity contribution < 1.29 is 19.1 Å². The van der Waals surface area contributed by atoms with Crippen molar-refractivity contribution >= 4 is 23.4 Å². The number of halogens is 1. The number of para-hydroxylation sites is 1. The summed E-state index contributed by atoms with van der Waals surface area (Å²) in [5.41, 5.74) is 12.1. The first-order chi connectivity index (χ1) is 22.9. The minimum atomic E-state index is -0.905. The number of hydrogen-bond donors (Lipinski definition) is 4. The van der Waals surface area contributed by atoms with E-state index < -0.39 is 17.9 Å². The summed E-state index contributed by atoms with van der Waals surface area (Å²) >= 11 is 6.00. The summed E-state index contributed by atoms with van der Waals surface area (Å²) in [6.45, 7) is 0.422. The molecule has 0 saturated heterocycles. The molecular formula is C37H36ClN5O4. The normalized spacial score (nSPS) is 15.1. The third-order valence-electron chi connectivity index (χ3n) is 8.43. The van der Waals surface area contributed by atoms with Crippen LogP contribution in [0.5, 0.6) is 11.5 Å². The van der Waals surface area contributed by atoms with Crippen LogP contribution >= 0.6 is 11.6 Å². The van der Waals surface area contributed by atoms with Crippen LogP contribution in [-0.2, 0) is 17.6 Å². The molecule has 0 spiro atoms. The number of nitrogens with one attached hydrogen (secondary N) is 3. The SMILES string of the molecule is COc1ccc(-c2ccc(CC(NC3CCOc4c(C(=O)N[C@@H](Cc5ccc(Cl)cc5)C(N)=O)cccc43)c3cnc[nH]3)cc2)cc1. The number of carbonyl (C=O) groups is 2. The van der Waals surface area contributed by atoms with E-state index in [0.717, 1.165) is 39.3 Å². The standard InChI is InChI=1S/C37H36ClN5O4/c1-46-28-15-11-26(12-16-28)25-9-5-23(6-10-25)19-32(34-21-40-22-41-34)42-31-17-18-47-35-29(31)3-2-4-30(35)37(45)43-33(36(39)44)20-24-7-13-27(38)14-8-24/h2-16,21-22,31-33,42H,17-20H2,1H3,(H2,39,44)(H,40,41)(H,43,45)/t31?,32?,33-/m0/s1. The second-order valence-corrected chi connectivity index (χ2v) is 12.0. The topological polar surface area (TPSA) is 131 Å². The Labute approximate surface area is 278 Å². The lowest BCUT2D eigenvalue weighted by molar-refractivity contribution is -0.119. The summed E-state index contributed by atoms with van der Waals surface area (Å²) in [7, 11) is 1.66. The molecule has 1 aliphatic rings. The van der Waals surface area contributed by atoms with Gasteiger partial charge in [-0.15, -0.1) is 0 Å². The first-order valence-electron chi connectivity index (χ1n) is 15.5. The third kappa shape index (κ3) is 7.65. The molecule has 2 amide bonds. The number of nitrogens with two attached hydrogens (primary N) is 1. The summed E-state index contributed by atoms with van der Waals surface area (Å²) in [6, 6.07) is 28.0. The van der Waals surface area contributed by atoms with Crippen molar-refractivity contribution in [1.29, 1.82) is 0 Å². The maximum Gasteiger partial charge on any atom is 0.255 e. The molecule has 5 N–H and O–H groups in total. The van der Waals surface area contributed by atoms with E-state index in [-0.39, 0.29) is 18.5 Å². The van der Waals surface area contributed by atoms with Gasteiger partial charge in [-0.2, -0.15) is 0 Å². The van der Waals surface area contributed by atoms with Crippen LogP contribution in [0.4, 0.5) is 0 Å². The van der Waals surface area contributed by atoms with E-state index in [1.807, 2.05) is 42.6 Å². The first kappa shape index (κ1) is 31.8. The van der Waals surface area contributed by atoms with Gasteiger partial charge < -0.3 is 30.8 Å². The molecule has 5 aromatic rings. The van der Waals surface area contributed by atoms with Crippen LogP contribution in [-0.4, -0.2) is 41.5 Å². The summed E-state index contributed by atoms with van der Waals surface area (Å²) in [4.78, 5) is 33.4. The number of benzene rings is 4. The number of nitrogens with zero attached hydrogens (tertiary/aromatic N) is 1. The molecule has 2 heterocycles. The molecule has 0 fully saturated rings. The zero-order chi connectivity index (χ0) is 32.8. The minimum Gasteiger partial charge on any atom is -0.497 e. The summed E-state index contributed by atoms with van der Waals surface area (Å²) in [5, 5.41) is 7.20. The molecule has 6 rings (SSSR count). The average molecular weight is 650 g/mol. The molecule has 10 heteroatoms. The van der Waals surface area contributed by atoms with Crippen LogP contribution < -0.4 is 25.8 Å². The first-order valence-corrected chi connectivity index (χ1v) is 15.8. The Balaban J connectivity index is 1.19. The van der Waals surface area contributed by atoms with Crippen molar-refractivity contribution in [2.45, 2.75) is 37.4 Å². The molecule has 47 heavy (non-hydrogen) atoms. The average Bonchev–Trinajstić information content (AvgIpc) is 3.64. The summed E-state index contributed by atoms with van der Waals surface area (Å²) < 4.78 is 11.4. The smallest absolute Gasteiger partial charge is 0.255 e. The molecule has 0 radical (unpaired) electrons. The van der Waals surface area contributed by atoms with E-state index >= 15 is 0 Å². The second-order valence-electron chi connectivity index (χ2n) is 11.5. The molecule has 0 bridgehead atoms. The number of ether oxygens (including phenoxy) is 2. The highest BCUT2D eigenvalue weighted by atomic mass is 35.5. The van der Waals surface area contributed by atoms with Gasteiger partial charge in [-0.25, -0.2) is 4.98 Å². The minimum absolute atomic E-state index is 0.0867. The van der Waals surface area contributed by atoms with Crippen molar-refractivity contribution in [3.05, 3.63) is 136 Å². The van der Waals surface area contributed by atoms with Crippen LogP contribution in [0.25, 0.3) is 11.1 Å². The predicted molar refractivity (Wildman–Crippen MR) is 181 cm³/mol. The van der Waals surface area contributed by atoms with Gasteiger partial charge in [0.25, 0.3) is 5.91 Å². The van der Waals surface area contributed by atoms with Crippen LogP contribution in [0.3, 0.4) is 0 Å². The van der Waals surface area contributed by atoms with Crippen molar-refractivity contribution in [3.63, 3.8) is 0 Å². The number of amides is 2. The lowest BCUT2D eigenvalue weighted by atomic mass is 9.94. The number of primary amides is 1. The zero-order valence-electron chi connectivity index (χ0n) is 25.9. The van der Waals surface area contributed by atoms with Crippen molar-refractivity contribution in [2.24, 2.45) is 5.73 Å². The molecule has 1 aromatic heterocycles. The number of methoxy groups -OCH3 is 1. The number of fused-ring (bicyclic) bond motifs is 1. The fourth-order valence-electron chi connectivity index (χ4n) is 5.90. The maximum atomic E-state index is 13.5. The van der Waals surface area contributed by atoms with Gasteiger partial charge in [0.2, 0.25) is 5.91 Å². The Morgan fingerprint density at radius 1 is 0.979 bits per heavy atom. The summed E-state index contributed by atoms with van der Waals surface area (Å²) in [6.07, 6.45) is 5.17. The van der Waals surface area contributed by atoms with Gasteiger partial charge in [-0.05, 0) is 59.0 Å². The molecule has 0 saturated carbocycles. The second kappa shape index (κ2) is 14.5. The molecule has 9 nitrogen and oxygen atoms in total. The fourth-order valence-corrected chi connectivity index (χ4v) is 6.03. The zero-order valence-corrected chi connectivity index (χ0v) is 26.7. The number of imidazole rings is 1. The number of aromatic nitrogens is 2. The molecule has 2 unspecified atom stereocenters. The molecule has 4 aromatic carbocycles. The molecule has 1 aliphatic heterocycles. The number of H-pyrrole nitrogens is 1. The lowest BCUT2D eigenvalue weighted by Gasteiger charge is -2.31.